The molecule has 0 aliphatic carbocycles. The Hall–Kier alpha value is -1.07. The molecule has 0 aliphatic rings. The lowest BCUT2D eigenvalue weighted by Gasteiger charge is -2.05. The third-order valence-corrected chi connectivity index (χ3v) is 4.52. The predicted molar refractivity (Wildman–Crippen MR) is 65.0 cm³/mol. The Morgan fingerprint density at radius 3 is 2.47 bits per heavy atom. The molecule has 0 saturated carbocycles. The van der Waals surface area contributed by atoms with Crippen molar-refractivity contribution in [1.82, 2.24) is 0 Å². The molecular weight excluding hydrogens is 264 g/mol. The average molecular weight is 277 g/mol. The number of carbonyl (C=O) groups is 1. The summed E-state index contributed by atoms with van der Waals surface area (Å²) in [4.78, 5) is 10.4. The zero-order valence-electron chi connectivity index (χ0n) is 9.10. The van der Waals surface area contributed by atoms with Gasteiger partial charge in [0.05, 0.1) is 15.7 Å². The van der Waals surface area contributed by atoms with Gasteiger partial charge in [-0.25, -0.2) is 8.42 Å². The van der Waals surface area contributed by atoms with Crippen molar-refractivity contribution in [3.8, 4) is 0 Å². The van der Waals surface area contributed by atoms with Gasteiger partial charge in [0.2, 0.25) is 0 Å². The van der Waals surface area contributed by atoms with Gasteiger partial charge in [0, 0.05) is 6.42 Å². The first-order chi connectivity index (χ1) is 7.93. The maximum Gasteiger partial charge on any atom is 0.303 e. The molecule has 0 fully saturated rings. The summed E-state index contributed by atoms with van der Waals surface area (Å²) in [6, 6.07) is 6.24. The summed E-state index contributed by atoms with van der Waals surface area (Å²) < 4.78 is 23.7. The molecule has 0 radical (unpaired) electrons. The van der Waals surface area contributed by atoms with E-state index >= 15 is 0 Å². The van der Waals surface area contributed by atoms with Crippen molar-refractivity contribution < 1.29 is 18.3 Å². The van der Waals surface area contributed by atoms with Crippen molar-refractivity contribution in [1.29, 1.82) is 0 Å². The van der Waals surface area contributed by atoms with Crippen LogP contribution in [0.4, 0.5) is 0 Å². The molecule has 17 heavy (non-hydrogen) atoms. The van der Waals surface area contributed by atoms with Crippen molar-refractivity contribution >= 4 is 27.4 Å². The highest BCUT2D eigenvalue weighted by atomic mass is 35.5. The topological polar surface area (TPSA) is 71.4 Å². The summed E-state index contributed by atoms with van der Waals surface area (Å²) in [5.41, 5.74) is 0. The van der Waals surface area contributed by atoms with Crippen LogP contribution in [0.3, 0.4) is 0 Å². The molecule has 1 rings (SSSR count). The smallest absolute Gasteiger partial charge is 0.303 e. The molecule has 0 heterocycles. The summed E-state index contributed by atoms with van der Waals surface area (Å²) in [7, 11) is -3.41. The van der Waals surface area contributed by atoms with Crippen molar-refractivity contribution in [3.05, 3.63) is 29.3 Å². The van der Waals surface area contributed by atoms with Crippen LogP contribution < -0.4 is 0 Å². The summed E-state index contributed by atoms with van der Waals surface area (Å²) in [6.07, 6.45) is 0.650. The Morgan fingerprint density at radius 2 is 1.88 bits per heavy atom. The van der Waals surface area contributed by atoms with Gasteiger partial charge in [-0.3, -0.25) is 4.79 Å². The average Bonchev–Trinajstić information content (AvgIpc) is 2.24. The highest BCUT2D eigenvalue weighted by Gasteiger charge is 2.17. The number of rotatable bonds is 6. The standard InChI is InChI=1S/C11H13ClO4S/c12-9-5-1-2-6-10(9)17(15,16)8-4-3-7-11(13)14/h1-2,5-6H,3-4,7-8H2,(H,13,14). The molecule has 4 nitrogen and oxygen atoms in total. The number of benzene rings is 1. The fourth-order valence-electron chi connectivity index (χ4n) is 1.38. The van der Waals surface area contributed by atoms with Gasteiger partial charge >= 0.3 is 5.97 Å². The molecule has 0 aliphatic heterocycles. The van der Waals surface area contributed by atoms with E-state index in [0.717, 1.165) is 0 Å². The van der Waals surface area contributed by atoms with Crippen LogP contribution >= 0.6 is 11.6 Å². The van der Waals surface area contributed by atoms with Gasteiger partial charge < -0.3 is 5.11 Å². The lowest BCUT2D eigenvalue weighted by atomic mass is 10.2. The number of carboxylic acids is 1. The Bertz CT molecular complexity index is 496. The van der Waals surface area contributed by atoms with Gasteiger partial charge in [0.15, 0.2) is 9.84 Å². The molecule has 0 saturated heterocycles. The van der Waals surface area contributed by atoms with Gasteiger partial charge in [-0.15, -0.1) is 0 Å². The van der Waals surface area contributed by atoms with Crippen LogP contribution in [-0.4, -0.2) is 25.2 Å². The SMILES string of the molecule is O=C(O)CCCCS(=O)(=O)c1ccccc1Cl. The van der Waals surface area contributed by atoms with E-state index in [4.69, 9.17) is 16.7 Å². The molecule has 0 spiro atoms. The van der Waals surface area contributed by atoms with E-state index in [-0.39, 0.29) is 22.1 Å². The first kappa shape index (κ1) is 14.0. The molecule has 0 aromatic heterocycles. The van der Waals surface area contributed by atoms with Gasteiger partial charge in [0.1, 0.15) is 0 Å². The number of hydrogen-bond acceptors (Lipinski definition) is 3. The first-order valence-corrected chi connectivity index (χ1v) is 7.15. The molecule has 0 atom stereocenters. The Kier molecular flexibility index (Phi) is 4.96. The monoisotopic (exact) mass is 276 g/mol. The summed E-state index contributed by atoms with van der Waals surface area (Å²) in [5.74, 6) is -0.996. The number of halogens is 1. The minimum atomic E-state index is -3.41. The van der Waals surface area contributed by atoms with Gasteiger partial charge in [-0.1, -0.05) is 23.7 Å². The molecule has 0 unspecified atom stereocenters. The second-order valence-electron chi connectivity index (χ2n) is 3.60. The quantitative estimate of drug-likeness (QED) is 0.810. The lowest BCUT2D eigenvalue weighted by Crippen LogP contribution is -2.08. The molecule has 6 heteroatoms. The number of carboxylic acid groups (broad SMARTS) is 1. The van der Waals surface area contributed by atoms with Crippen LogP contribution in [0.2, 0.25) is 5.02 Å². The maximum absolute atomic E-state index is 11.9. The molecule has 1 N–H and O–H groups in total. The Morgan fingerprint density at radius 1 is 1.24 bits per heavy atom. The largest absolute Gasteiger partial charge is 0.481 e. The van der Waals surface area contributed by atoms with Gasteiger partial charge in [0.25, 0.3) is 0 Å². The summed E-state index contributed by atoms with van der Waals surface area (Å²) >= 11 is 5.80. The van der Waals surface area contributed by atoms with Crippen molar-refractivity contribution in [2.24, 2.45) is 0 Å². The third-order valence-electron chi connectivity index (χ3n) is 2.23. The minimum Gasteiger partial charge on any atom is -0.481 e. The third kappa shape index (κ3) is 4.36. The number of hydrogen-bond donors (Lipinski definition) is 1. The molecule has 1 aromatic rings. The zero-order valence-corrected chi connectivity index (χ0v) is 10.7. The van der Waals surface area contributed by atoms with E-state index < -0.39 is 15.8 Å². The fourth-order valence-corrected chi connectivity index (χ4v) is 3.32. The summed E-state index contributed by atoms with van der Waals surface area (Å²) in [5, 5.41) is 8.63. The van der Waals surface area contributed by atoms with Gasteiger partial charge in [-0.05, 0) is 25.0 Å². The summed E-state index contributed by atoms with van der Waals surface area (Å²) in [6.45, 7) is 0. The molecule has 0 bridgehead atoms. The van der Waals surface area contributed by atoms with Crippen LogP contribution in [-0.2, 0) is 14.6 Å². The van der Waals surface area contributed by atoms with E-state index in [1.165, 1.54) is 12.1 Å². The highest BCUT2D eigenvalue weighted by molar-refractivity contribution is 7.91. The molecule has 94 valence electrons. The van der Waals surface area contributed by atoms with E-state index in [1.807, 2.05) is 0 Å². The first-order valence-electron chi connectivity index (χ1n) is 5.12. The normalized spacial score (nSPS) is 11.4. The highest BCUT2D eigenvalue weighted by Crippen LogP contribution is 2.22. The molecular formula is C11H13ClO4S. The van der Waals surface area contributed by atoms with Crippen molar-refractivity contribution in [2.75, 3.05) is 5.75 Å². The fraction of sp³-hybridized carbons (Fsp3) is 0.364. The van der Waals surface area contributed by atoms with Crippen LogP contribution in [0.15, 0.2) is 29.2 Å². The number of unbranched alkanes of at least 4 members (excludes halogenated alkanes) is 1. The van der Waals surface area contributed by atoms with E-state index in [1.54, 1.807) is 12.1 Å². The predicted octanol–water partition coefficient (Wildman–Crippen LogP) is 2.37. The van der Waals surface area contributed by atoms with Crippen LogP contribution in [0.5, 0.6) is 0 Å². The number of sulfone groups is 1. The van der Waals surface area contributed by atoms with Gasteiger partial charge in [-0.2, -0.15) is 0 Å². The van der Waals surface area contributed by atoms with Crippen molar-refractivity contribution in [2.45, 2.75) is 24.2 Å². The molecule has 0 amide bonds. The van der Waals surface area contributed by atoms with Crippen LogP contribution in [0.25, 0.3) is 0 Å². The second kappa shape index (κ2) is 6.02. The maximum atomic E-state index is 11.9. The van der Waals surface area contributed by atoms with E-state index in [2.05, 4.69) is 0 Å². The van der Waals surface area contributed by atoms with E-state index in [9.17, 15) is 13.2 Å². The number of aliphatic carboxylic acids is 1. The Labute approximate surface area is 105 Å². The second-order valence-corrected chi connectivity index (χ2v) is 6.08. The van der Waals surface area contributed by atoms with Crippen molar-refractivity contribution in [3.63, 3.8) is 0 Å². The zero-order chi connectivity index (χ0) is 12.9. The molecule has 1 aromatic carbocycles. The van der Waals surface area contributed by atoms with E-state index in [0.29, 0.717) is 12.8 Å². The lowest BCUT2D eigenvalue weighted by molar-refractivity contribution is -0.137. The van der Waals surface area contributed by atoms with Crippen LogP contribution in [0.1, 0.15) is 19.3 Å². The van der Waals surface area contributed by atoms with Crippen LogP contribution in [0, 0.1) is 0 Å². The minimum absolute atomic E-state index is 0.0158. The Balaban J connectivity index is 2.64.